The Balaban J connectivity index is 1.39. The Bertz CT molecular complexity index is 996. The molecule has 136 valence electrons. The van der Waals surface area contributed by atoms with E-state index in [1.165, 1.54) is 0 Å². The summed E-state index contributed by atoms with van der Waals surface area (Å²) in [5.74, 6) is 0.853. The summed E-state index contributed by atoms with van der Waals surface area (Å²) >= 11 is 6.13. The molecule has 1 aliphatic heterocycles. The molecule has 0 N–H and O–H groups in total. The molecule has 5 nitrogen and oxygen atoms in total. The summed E-state index contributed by atoms with van der Waals surface area (Å²) in [6.45, 7) is 2.78. The van der Waals surface area contributed by atoms with Crippen molar-refractivity contribution < 1.29 is 4.79 Å². The molecule has 0 saturated carbocycles. The standard InChI is InChI=1S/C21H19ClN4O/c22-17-6-2-1-5-16(17)9-10-21(27)26-13-11-25(12-14-26)20-15-23-18-7-3-4-8-19(18)24-20/h1-10,15H,11-14H2/b10-9+. The number of nitrogens with zero attached hydrogens (tertiary/aromatic N) is 4. The molecule has 0 bridgehead atoms. The van der Waals surface area contributed by atoms with Crippen molar-refractivity contribution >= 4 is 40.4 Å². The molecule has 0 radical (unpaired) electrons. The second-order valence-electron chi connectivity index (χ2n) is 6.38. The molecule has 1 amide bonds. The molecule has 27 heavy (non-hydrogen) atoms. The highest BCUT2D eigenvalue weighted by Crippen LogP contribution is 2.18. The van der Waals surface area contributed by atoms with Crippen molar-refractivity contribution in [3.63, 3.8) is 0 Å². The average Bonchev–Trinajstić information content (AvgIpc) is 2.73. The van der Waals surface area contributed by atoms with E-state index >= 15 is 0 Å². The minimum atomic E-state index is -0.000773. The fourth-order valence-corrected chi connectivity index (χ4v) is 3.33. The van der Waals surface area contributed by atoms with Gasteiger partial charge in [-0.1, -0.05) is 41.9 Å². The molecular weight excluding hydrogens is 360 g/mol. The van der Waals surface area contributed by atoms with E-state index in [2.05, 4.69) is 14.9 Å². The largest absolute Gasteiger partial charge is 0.352 e. The first-order valence-electron chi connectivity index (χ1n) is 8.89. The van der Waals surface area contributed by atoms with Gasteiger partial charge in [0, 0.05) is 37.3 Å². The van der Waals surface area contributed by atoms with Gasteiger partial charge in [0.05, 0.1) is 17.2 Å². The first-order chi connectivity index (χ1) is 13.2. The fraction of sp³-hybridized carbons (Fsp3) is 0.190. The number of amides is 1. The summed E-state index contributed by atoms with van der Waals surface area (Å²) in [5.41, 5.74) is 2.62. The van der Waals surface area contributed by atoms with Crippen LogP contribution in [0.2, 0.25) is 5.02 Å². The van der Waals surface area contributed by atoms with Crippen LogP contribution in [0.25, 0.3) is 17.1 Å². The van der Waals surface area contributed by atoms with Crippen LogP contribution in [0.3, 0.4) is 0 Å². The number of hydrogen-bond acceptors (Lipinski definition) is 4. The molecule has 0 atom stereocenters. The van der Waals surface area contributed by atoms with Crippen LogP contribution in [0.1, 0.15) is 5.56 Å². The number of para-hydroxylation sites is 2. The predicted molar refractivity (Wildman–Crippen MR) is 109 cm³/mol. The van der Waals surface area contributed by atoms with Crippen LogP contribution < -0.4 is 4.90 Å². The highest BCUT2D eigenvalue weighted by atomic mass is 35.5. The highest BCUT2D eigenvalue weighted by Gasteiger charge is 2.21. The van der Waals surface area contributed by atoms with Crippen molar-refractivity contribution in [1.82, 2.24) is 14.9 Å². The molecule has 0 unspecified atom stereocenters. The number of halogens is 1. The zero-order valence-corrected chi connectivity index (χ0v) is 15.5. The lowest BCUT2D eigenvalue weighted by Crippen LogP contribution is -2.48. The molecule has 1 saturated heterocycles. The van der Waals surface area contributed by atoms with Crippen molar-refractivity contribution in [2.24, 2.45) is 0 Å². The zero-order chi connectivity index (χ0) is 18.6. The first-order valence-corrected chi connectivity index (χ1v) is 9.27. The number of hydrogen-bond donors (Lipinski definition) is 0. The van der Waals surface area contributed by atoms with Crippen LogP contribution in [0.4, 0.5) is 5.82 Å². The van der Waals surface area contributed by atoms with Gasteiger partial charge in [-0.2, -0.15) is 0 Å². The quantitative estimate of drug-likeness (QED) is 0.653. The maximum atomic E-state index is 12.5. The summed E-state index contributed by atoms with van der Waals surface area (Å²) < 4.78 is 0. The van der Waals surface area contributed by atoms with Crippen LogP contribution >= 0.6 is 11.6 Å². The van der Waals surface area contributed by atoms with Crippen LogP contribution in [-0.2, 0) is 4.79 Å². The van der Waals surface area contributed by atoms with Gasteiger partial charge in [0.1, 0.15) is 5.82 Å². The smallest absolute Gasteiger partial charge is 0.246 e. The van der Waals surface area contributed by atoms with Gasteiger partial charge in [0.25, 0.3) is 0 Å². The van der Waals surface area contributed by atoms with Crippen molar-refractivity contribution in [3.8, 4) is 0 Å². The molecule has 4 rings (SSSR count). The lowest BCUT2D eigenvalue weighted by atomic mass is 10.2. The number of benzene rings is 2. The maximum Gasteiger partial charge on any atom is 0.246 e. The molecular formula is C21H19ClN4O. The topological polar surface area (TPSA) is 49.3 Å². The highest BCUT2D eigenvalue weighted by molar-refractivity contribution is 6.32. The minimum absolute atomic E-state index is 0.000773. The van der Waals surface area contributed by atoms with Crippen molar-refractivity contribution in [2.45, 2.75) is 0 Å². The van der Waals surface area contributed by atoms with Gasteiger partial charge in [0.15, 0.2) is 0 Å². The van der Waals surface area contributed by atoms with Gasteiger partial charge >= 0.3 is 0 Å². The fourth-order valence-electron chi connectivity index (χ4n) is 3.13. The first kappa shape index (κ1) is 17.5. The Morgan fingerprint density at radius 2 is 1.67 bits per heavy atom. The van der Waals surface area contributed by atoms with Gasteiger partial charge in [0.2, 0.25) is 5.91 Å². The predicted octanol–water partition coefficient (Wildman–Crippen LogP) is 3.65. The summed E-state index contributed by atoms with van der Waals surface area (Å²) in [7, 11) is 0. The number of aromatic nitrogens is 2. The molecule has 1 aliphatic rings. The lowest BCUT2D eigenvalue weighted by molar-refractivity contribution is -0.126. The van der Waals surface area contributed by atoms with E-state index < -0.39 is 0 Å². The normalized spacial score (nSPS) is 14.9. The Kier molecular flexibility index (Phi) is 5.03. The van der Waals surface area contributed by atoms with E-state index in [0.717, 1.165) is 35.5 Å². The van der Waals surface area contributed by atoms with Gasteiger partial charge in [-0.15, -0.1) is 0 Å². The van der Waals surface area contributed by atoms with Gasteiger partial charge in [-0.05, 0) is 29.8 Å². The molecule has 3 aromatic rings. The van der Waals surface area contributed by atoms with Gasteiger partial charge < -0.3 is 9.80 Å². The Morgan fingerprint density at radius 3 is 2.44 bits per heavy atom. The number of carbonyl (C=O) groups is 1. The second kappa shape index (κ2) is 7.76. The Labute approximate surface area is 162 Å². The van der Waals surface area contributed by atoms with E-state index in [1.807, 2.05) is 53.4 Å². The molecule has 6 heteroatoms. The van der Waals surface area contributed by atoms with Crippen LogP contribution in [0.5, 0.6) is 0 Å². The third kappa shape index (κ3) is 3.93. The number of fused-ring (bicyclic) bond motifs is 1. The van der Waals surface area contributed by atoms with E-state index in [0.29, 0.717) is 18.1 Å². The zero-order valence-electron chi connectivity index (χ0n) is 14.8. The van der Waals surface area contributed by atoms with Gasteiger partial charge in [-0.3, -0.25) is 9.78 Å². The van der Waals surface area contributed by atoms with Gasteiger partial charge in [-0.25, -0.2) is 4.98 Å². The Hall–Kier alpha value is -2.92. The third-order valence-electron chi connectivity index (χ3n) is 4.66. The van der Waals surface area contributed by atoms with Crippen LogP contribution in [-0.4, -0.2) is 47.0 Å². The van der Waals surface area contributed by atoms with E-state index in [1.54, 1.807) is 18.3 Å². The van der Waals surface area contributed by atoms with Crippen molar-refractivity contribution in [1.29, 1.82) is 0 Å². The molecule has 2 heterocycles. The summed E-state index contributed by atoms with van der Waals surface area (Å²) in [4.78, 5) is 25.6. The number of piperazine rings is 1. The van der Waals surface area contributed by atoms with E-state index in [-0.39, 0.29) is 5.91 Å². The summed E-state index contributed by atoms with van der Waals surface area (Å²) in [5, 5.41) is 0.640. The van der Waals surface area contributed by atoms with Crippen LogP contribution in [0.15, 0.2) is 60.8 Å². The molecule has 1 aromatic heterocycles. The van der Waals surface area contributed by atoms with Crippen molar-refractivity contribution in [2.75, 3.05) is 31.1 Å². The van der Waals surface area contributed by atoms with E-state index in [9.17, 15) is 4.79 Å². The van der Waals surface area contributed by atoms with Crippen molar-refractivity contribution in [3.05, 3.63) is 71.4 Å². The lowest BCUT2D eigenvalue weighted by Gasteiger charge is -2.34. The molecule has 0 aliphatic carbocycles. The molecule has 0 spiro atoms. The van der Waals surface area contributed by atoms with Crippen LogP contribution in [0, 0.1) is 0 Å². The number of anilines is 1. The average molecular weight is 379 g/mol. The summed E-state index contributed by atoms with van der Waals surface area (Å²) in [6, 6.07) is 15.3. The molecule has 2 aromatic carbocycles. The second-order valence-corrected chi connectivity index (χ2v) is 6.79. The van der Waals surface area contributed by atoms with E-state index in [4.69, 9.17) is 11.6 Å². The summed E-state index contributed by atoms with van der Waals surface area (Å²) in [6.07, 6.45) is 5.16. The molecule has 1 fully saturated rings. The SMILES string of the molecule is O=C(/C=C/c1ccccc1Cl)N1CCN(c2cnc3ccccc3n2)CC1. The Morgan fingerprint density at radius 1 is 0.963 bits per heavy atom. The minimum Gasteiger partial charge on any atom is -0.352 e. The number of carbonyl (C=O) groups excluding carboxylic acids is 1. The monoisotopic (exact) mass is 378 g/mol. The number of rotatable bonds is 3. The maximum absolute atomic E-state index is 12.5. The third-order valence-corrected chi connectivity index (χ3v) is 5.01.